The van der Waals surface area contributed by atoms with E-state index < -0.39 is 21.7 Å². The molecule has 2 aromatic rings. The Hall–Kier alpha value is -2.20. The number of carboxylic acid groups (broad SMARTS) is 1. The van der Waals surface area contributed by atoms with Crippen molar-refractivity contribution in [1.29, 1.82) is 0 Å². The standard InChI is InChI=1S/C13H19N5O4S/c1-9(2)18-7-5-10(15-18)4-6-14-23(21,22)11-8-17(3)16-12(11)13(19)20/h5,7-9,14H,4,6H2,1-3H3,(H,19,20). The number of aromatic nitrogens is 4. The van der Waals surface area contributed by atoms with E-state index in [2.05, 4.69) is 14.9 Å². The molecular weight excluding hydrogens is 322 g/mol. The van der Waals surface area contributed by atoms with Gasteiger partial charge < -0.3 is 5.11 Å². The van der Waals surface area contributed by atoms with Crippen molar-refractivity contribution in [2.45, 2.75) is 31.2 Å². The summed E-state index contributed by atoms with van der Waals surface area (Å²) >= 11 is 0. The smallest absolute Gasteiger partial charge is 0.357 e. The van der Waals surface area contributed by atoms with Crippen molar-refractivity contribution in [3.05, 3.63) is 29.8 Å². The molecule has 23 heavy (non-hydrogen) atoms. The monoisotopic (exact) mass is 341 g/mol. The summed E-state index contributed by atoms with van der Waals surface area (Å²) in [6, 6.07) is 2.05. The summed E-state index contributed by atoms with van der Waals surface area (Å²) in [5, 5.41) is 17.0. The molecular formula is C13H19N5O4S. The molecule has 0 spiro atoms. The van der Waals surface area contributed by atoms with E-state index in [0.717, 1.165) is 10.4 Å². The second-order valence-corrected chi connectivity index (χ2v) is 7.08. The van der Waals surface area contributed by atoms with Gasteiger partial charge in [-0.2, -0.15) is 10.2 Å². The second-order valence-electron chi connectivity index (χ2n) is 5.35. The lowest BCUT2D eigenvalue weighted by Gasteiger charge is -2.05. The van der Waals surface area contributed by atoms with Crippen molar-refractivity contribution in [2.75, 3.05) is 6.54 Å². The van der Waals surface area contributed by atoms with E-state index in [1.54, 1.807) is 4.68 Å². The van der Waals surface area contributed by atoms with Crippen molar-refractivity contribution in [3.63, 3.8) is 0 Å². The predicted molar refractivity (Wildman–Crippen MR) is 81.7 cm³/mol. The first kappa shape index (κ1) is 17.2. The van der Waals surface area contributed by atoms with Crippen LogP contribution in [0.15, 0.2) is 23.4 Å². The third kappa shape index (κ3) is 3.96. The lowest BCUT2D eigenvalue weighted by Crippen LogP contribution is -2.27. The maximum Gasteiger partial charge on any atom is 0.357 e. The van der Waals surface area contributed by atoms with Gasteiger partial charge in [0.15, 0.2) is 5.69 Å². The first-order valence-electron chi connectivity index (χ1n) is 7.01. The molecule has 0 saturated carbocycles. The number of hydrogen-bond donors (Lipinski definition) is 2. The fraction of sp³-hybridized carbons (Fsp3) is 0.462. The number of rotatable bonds is 7. The van der Waals surface area contributed by atoms with Gasteiger partial charge in [-0.05, 0) is 19.9 Å². The van der Waals surface area contributed by atoms with Gasteiger partial charge in [-0.15, -0.1) is 0 Å². The van der Waals surface area contributed by atoms with E-state index in [-0.39, 0.29) is 17.5 Å². The fourth-order valence-electron chi connectivity index (χ4n) is 2.00. The van der Waals surface area contributed by atoms with Gasteiger partial charge in [-0.3, -0.25) is 9.36 Å². The number of sulfonamides is 1. The minimum atomic E-state index is -3.94. The first-order valence-corrected chi connectivity index (χ1v) is 8.49. The van der Waals surface area contributed by atoms with Crippen molar-refractivity contribution in [1.82, 2.24) is 24.3 Å². The van der Waals surface area contributed by atoms with Crippen LogP contribution in [0.25, 0.3) is 0 Å². The molecule has 0 aromatic carbocycles. The highest BCUT2D eigenvalue weighted by Crippen LogP contribution is 2.13. The molecule has 0 aliphatic heterocycles. The Morgan fingerprint density at radius 1 is 1.39 bits per heavy atom. The molecule has 0 aliphatic rings. The van der Waals surface area contributed by atoms with E-state index in [0.29, 0.717) is 6.42 Å². The summed E-state index contributed by atoms with van der Waals surface area (Å²) in [6.45, 7) is 4.11. The van der Waals surface area contributed by atoms with Crippen LogP contribution in [-0.2, 0) is 23.5 Å². The number of aromatic carboxylic acids is 1. The molecule has 0 amide bonds. The van der Waals surface area contributed by atoms with Crippen LogP contribution in [-0.4, -0.2) is 45.6 Å². The summed E-state index contributed by atoms with van der Waals surface area (Å²) in [5.74, 6) is -1.39. The molecule has 0 saturated heterocycles. The van der Waals surface area contributed by atoms with Crippen LogP contribution in [0, 0.1) is 0 Å². The largest absolute Gasteiger partial charge is 0.476 e. The number of hydrogen-bond acceptors (Lipinski definition) is 5. The number of aryl methyl sites for hydroxylation is 1. The number of carbonyl (C=O) groups is 1. The van der Waals surface area contributed by atoms with Crippen LogP contribution in [0.2, 0.25) is 0 Å². The molecule has 0 unspecified atom stereocenters. The molecule has 0 aliphatic carbocycles. The van der Waals surface area contributed by atoms with Crippen LogP contribution in [0.5, 0.6) is 0 Å². The molecule has 2 N–H and O–H groups in total. The summed E-state index contributed by atoms with van der Waals surface area (Å²) < 4.78 is 29.8. The SMILES string of the molecule is CC(C)n1ccc(CCNS(=O)(=O)c2cn(C)nc2C(=O)O)n1. The predicted octanol–water partition coefficient (Wildman–Crippen LogP) is 0.417. The highest BCUT2D eigenvalue weighted by atomic mass is 32.2. The molecule has 2 heterocycles. The van der Waals surface area contributed by atoms with Crippen LogP contribution in [0.1, 0.15) is 36.1 Å². The van der Waals surface area contributed by atoms with Gasteiger partial charge in [0.1, 0.15) is 4.90 Å². The molecule has 0 atom stereocenters. The molecule has 0 bridgehead atoms. The van der Waals surface area contributed by atoms with Gasteiger partial charge in [0, 0.05) is 38.4 Å². The van der Waals surface area contributed by atoms with Crippen LogP contribution in [0.3, 0.4) is 0 Å². The topological polar surface area (TPSA) is 119 Å². The van der Waals surface area contributed by atoms with E-state index in [4.69, 9.17) is 5.11 Å². The zero-order chi connectivity index (χ0) is 17.2. The van der Waals surface area contributed by atoms with Crippen molar-refractivity contribution >= 4 is 16.0 Å². The highest BCUT2D eigenvalue weighted by Gasteiger charge is 2.25. The van der Waals surface area contributed by atoms with E-state index in [1.807, 2.05) is 26.1 Å². The van der Waals surface area contributed by atoms with Gasteiger partial charge in [0.05, 0.1) is 5.69 Å². The van der Waals surface area contributed by atoms with E-state index in [1.165, 1.54) is 13.2 Å². The molecule has 126 valence electrons. The summed E-state index contributed by atoms with van der Waals surface area (Å²) in [6.07, 6.45) is 3.40. The van der Waals surface area contributed by atoms with Gasteiger partial charge in [-0.1, -0.05) is 0 Å². The Kier molecular flexibility index (Phi) is 4.85. The number of carboxylic acids is 1. The average molecular weight is 341 g/mol. The number of nitrogens with zero attached hydrogens (tertiary/aromatic N) is 4. The van der Waals surface area contributed by atoms with E-state index in [9.17, 15) is 13.2 Å². The average Bonchev–Trinajstić information content (AvgIpc) is 3.05. The fourth-order valence-corrected chi connectivity index (χ4v) is 3.20. The van der Waals surface area contributed by atoms with E-state index >= 15 is 0 Å². The molecule has 10 heteroatoms. The zero-order valence-corrected chi connectivity index (χ0v) is 13.9. The van der Waals surface area contributed by atoms with Crippen LogP contribution in [0.4, 0.5) is 0 Å². The lowest BCUT2D eigenvalue weighted by atomic mass is 10.3. The second kappa shape index (κ2) is 6.50. The highest BCUT2D eigenvalue weighted by molar-refractivity contribution is 7.89. The van der Waals surface area contributed by atoms with Crippen molar-refractivity contribution < 1.29 is 18.3 Å². The third-order valence-electron chi connectivity index (χ3n) is 3.15. The normalized spacial score (nSPS) is 12.0. The summed E-state index contributed by atoms with van der Waals surface area (Å²) in [4.78, 5) is 10.7. The Labute approximate surface area is 134 Å². The maximum atomic E-state index is 12.2. The lowest BCUT2D eigenvalue weighted by molar-refractivity contribution is 0.0685. The summed E-state index contributed by atoms with van der Waals surface area (Å²) in [5.41, 5.74) is 0.259. The van der Waals surface area contributed by atoms with Gasteiger partial charge >= 0.3 is 5.97 Å². The van der Waals surface area contributed by atoms with Gasteiger partial charge in [-0.25, -0.2) is 17.9 Å². The number of nitrogens with one attached hydrogen (secondary N) is 1. The minimum absolute atomic E-state index is 0.116. The van der Waals surface area contributed by atoms with Crippen LogP contribution < -0.4 is 4.72 Å². The maximum absolute atomic E-state index is 12.2. The molecule has 2 rings (SSSR count). The third-order valence-corrected chi connectivity index (χ3v) is 4.62. The Balaban J connectivity index is 2.05. The zero-order valence-electron chi connectivity index (χ0n) is 13.1. The van der Waals surface area contributed by atoms with Gasteiger partial charge in [0.25, 0.3) is 0 Å². The Morgan fingerprint density at radius 2 is 2.09 bits per heavy atom. The minimum Gasteiger partial charge on any atom is -0.476 e. The summed E-state index contributed by atoms with van der Waals surface area (Å²) in [7, 11) is -2.48. The Morgan fingerprint density at radius 3 is 2.65 bits per heavy atom. The van der Waals surface area contributed by atoms with Crippen molar-refractivity contribution in [3.8, 4) is 0 Å². The molecule has 9 nitrogen and oxygen atoms in total. The first-order chi connectivity index (χ1) is 10.7. The van der Waals surface area contributed by atoms with Gasteiger partial charge in [0.2, 0.25) is 10.0 Å². The van der Waals surface area contributed by atoms with Crippen LogP contribution >= 0.6 is 0 Å². The Bertz CT molecular complexity index is 806. The molecule has 2 aromatic heterocycles. The molecule has 0 radical (unpaired) electrons. The molecule has 0 fully saturated rings. The quantitative estimate of drug-likeness (QED) is 0.753. The van der Waals surface area contributed by atoms with Crippen molar-refractivity contribution in [2.24, 2.45) is 7.05 Å².